The normalized spacial score (nSPS) is 15.6. The second-order valence-corrected chi connectivity index (χ2v) is 4.27. The van der Waals surface area contributed by atoms with Crippen LogP contribution in [0.15, 0.2) is 18.2 Å². The molecule has 1 atom stereocenters. The van der Waals surface area contributed by atoms with Crippen LogP contribution in [-0.4, -0.2) is 5.11 Å². The van der Waals surface area contributed by atoms with E-state index in [2.05, 4.69) is 0 Å². The van der Waals surface area contributed by atoms with Gasteiger partial charge in [-0.3, -0.25) is 0 Å². The first-order chi connectivity index (χ1) is 6.35. The van der Waals surface area contributed by atoms with Crippen LogP contribution in [-0.2, 0) is 5.60 Å². The number of halogens is 1. The number of aliphatic hydroxyl groups is 1. The molecule has 1 aromatic rings. The maximum absolute atomic E-state index is 13.3. The largest absolute Gasteiger partial charge is 0.385 e. The predicted octanol–water partition coefficient (Wildman–Crippen LogP) is 3.00. The number of aryl methyl sites for hydroxylation is 1. The third kappa shape index (κ3) is 1.95. The summed E-state index contributed by atoms with van der Waals surface area (Å²) in [7, 11) is 0. The van der Waals surface area contributed by atoms with Crippen molar-refractivity contribution < 1.29 is 9.50 Å². The molecule has 0 aliphatic rings. The monoisotopic (exact) mass is 196 g/mol. The summed E-state index contributed by atoms with van der Waals surface area (Å²) in [6.07, 6.45) is 0. The van der Waals surface area contributed by atoms with Crippen LogP contribution in [0.5, 0.6) is 0 Å². The van der Waals surface area contributed by atoms with E-state index in [1.165, 1.54) is 6.07 Å². The fourth-order valence-corrected chi connectivity index (χ4v) is 1.24. The molecule has 2 heteroatoms. The van der Waals surface area contributed by atoms with Crippen molar-refractivity contribution in [3.05, 3.63) is 35.1 Å². The SMILES string of the molecule is Cc1ccc([C@@](C)(O)C(C)C)cc1F. The zero-order valence-electron chi connectivity index (χ0n) is 9.13. The maximum atomic E-state index is 13.3. The van der Waals surface area contributed by atoms with Gasteiger partial charge in [-0.2, -0.15) is 0 Å². The van der Waals surface area contributed by atoms with Gasteiger partial charge in [-0.25, -0.2) is 4.39 Å². The lowest BCUT2D eigenvalue weighted by Gasteiger charge is -2.28. The van der Waals surface area contributed by atoms with Gasteiger partial charge in [0.25, 0.3) is 0 Å². The second kappa shape index (κ2) is 3.70. The molecule has 78 valence electrons. The van der Waals surface area contributed by atoms with Gasteiger partial charge in [0, 0.05) is 0 Å². The third-order valence-corrected chi connectivity index (χ3v) is 2.88. The molecule has 0 spiro atoms. The molecule has 0 heterocycles. The van der Waals surface area contributed by atoms with Crippen molar-refractivity contribution >= 4 is 0 Å². The molecular weight excluding hydrogens is 179 g/mol. The van der Waals surface area contributed by atoms with Crippen molar-refractivity contribution in [2.45, 2.75) is 33.3 Å². The molecule has 0 amide bonds. The van der Waals surface area contributed by atoms with E-state index >= 15 is 0 Å². The quantitative estimate of drug-likeness (QED) is 0.771. The highest BCUT2D eigenvalue weighted by Crippen LogP contribution is 2.29. The lowest BCUT2D eigenvalue weighted by Crippen LogP contribution is -2.28. The minimum absolute atomic E-state index is 0.0598. The molecule has 0 unspecified atom stereocenters. The Morgan fingerprint density at radius 2 is 1.93 bits per heavy atom. The summed E-state index contributed by atoms with van der Waals surface area (Å²) in [6.45, 7) is 7.25. The molecule has 0 aliphatic heterocycles. The Kier molecular flexibility index (Phi) is 2.95. The molecule has 1 N–H and O–H groups in total. The Morgan fingerprint density at radius 3 is 2.36 bits per heavy atom. The van der Waals surface area contributed by atoms with Gasteiger partial charge in [-0.15, -0.1) is 0 Å². The fraction of sp³-hybridized carbons (Fsp3) is 0.500. The molecule has 0 aliphatic carbocycles. The minimum Gasteiger partial charge on any atom is -0.385 e. The van der Waals surface area contributed by atoms with Crippen molar-refractivity contribution in [3.8, 4) is 0 Å². The Morgan fingerprint density at radius 1 is 1.36 bits per heavy atom. The molecule has 0 saturated carbocycles. The van der Waals surface area contributed by atoms with Gasteiger partial charge in [0.15, 0.2) is 0 Å². The summed E-state index contributed by atoms with van der Waals surface area (Å²) in [5, 5.41) is 10.1. The van der Waals surface area contributed by atoms with Crippen molar-refractivity contribution in [1.82, 2.24) is 0 Å². The summed E-state index contributed by atoms with van der Waals surface area (Å²) in [5.74, 6) is -0.201. The lowest BCUT2D eigenvalue weighted by molar-refractivity contribution is 0.00876. The molecule has 0 saturated heterocycles. The molecule has 0 radical (unpaired) electrons. The third-order valence-electron chi connectivity index (χ3n) is 2.88. The topological polar surface area (TPSA) is 20.2 Å². The Bertz CT molecular complexity index is 329. The van der Waals surface area contributed by atoms with Crippen molar-refractivity contribution in [3.63, 3.8) is 0 Å². The van der Waals surface area contributed by atoms with E-state index in [0.717, 1.165) is 0 Å². The van der Waals surface area contributed by atoms with Crippen LogP contribution in [0.2, 0.25) is 0 Å². The summed E-state index contributed by atoms with van der Waals surface area (Å²) in [4.78, 5) is 0. The first-order valence-electron chi connectivity index (χ1n) is 4.84. The van der Waals surface area contributed by atoms with Crippen LogP contribution in [0.25, 0.3) is 0 Å². The predicted molar refractivity (Wildman–Crippen MR) is 55.5 cm³/mol. The van der Waals surface area contributed by atoms with E-state index in [0.29, 0.717) is 11.1 Å². The highest BCUT2D eigenvalue weighted by molar-refractivity contribution is 5.27. The van der Waals surface area contributed by atoms with E-state index in [-0.39, 0.29) is 11.7 Å². The minimum atomic E-state index is -0.964. The van der Waals surface area contributed by atoms with Crippen LogP contribution < -0.4 is 0 Å². The van der Waals surface area contributed by atoms with Crippen molar-refractivity contribution in [1.29, 1.82) is 0 Å². The zero-order chi connectivity index (χ0) is 10.9. The molecule has 0 fully saturated rings. The van der Waals surface area contributed by atoms with E-state index in [9.17, 15) is 9.50 Å². The van der Waals surface area contributed by atoms with Gasteiger partial charge in [-0.1, -0.05) is 26.0 Å². The Hall–Kier alpha value is -0.890. The first-order valence-corrected chi connectivity index (χ1v) is 4.84. The summed E-state index contributed by atoms with van der Waals surface area (Å²) >= 11 is 0. The summed E-state index contributed by atoms with van der Waals surface area (Å²) < 4.78 is 13.3. The zero-order valence-corrected chi connectivity index (χ0v) is 9.13. The average molecular weight is 196 g/mol. The van der Waals surface area contributed by atoms with Crippen LogP contribution >= 0.6 is 0 Å². The number of hydrogen-bond donors (Lipinski definition) is 1. The van der Waals surface area contributed by atoms with Gasteiger partial charge < -0.3 is 5.11 Å². The molecule has 1 nitrogen and oxygen atoms in total. The number of benzene rings is 1. The maximum Gasteiger partial charge on any atom is 0.126 e. The standard InChI is InChI=1S/C12H17FO/c1-8(2)12(4,14)10-6-5-9(3)11(13)7-10/h5-8,14H,1-4H3/t12-/m0/s1. The summed E-state index contributed by atoms with van der Waals surface area (Å²) in [6, 6.07) is 4.88. The first kappa shape index (κ1) is 11.2. The van der Waals surface area contributed by atoms with Crippen LogP contribution in [0.4, 0.5) is 4.39 Å². The molecule has 1 aromatic carbocycles. The molecule has 1 rings (SSSR count). The second-order valence-electron chi connectivity index (χ2n) is 4.27. The number of rotatable bonds is 2. The number of hydrogen-bond acceptors (Lipinski definition) is 1. The molecule has 0 bridgehead atoms. The van der Waals surface area contributed by atoms with Gasteiger partial charge in [0.2, 0.25) is 0 Å². The van der Waals surface area contributed by atoms with E-state index in [4.69, 9.17) is 0 Å². The van der Waals surface area contributed by atoms with Gasteiger partial charge in [0.1, 0.15) is 5.82 Å². The fourth-order valence-electron chi connectivity index (χ4n) is 1.24. The molecule has 14 heavy (non-hydrogen) atoms. The highest BCUT2D eigenvalue weighted by atomic mass is 19.1. The van der Waals surface area contributed by atoms with Gasteiger partial charge >= 0.3 is 0 Å². The van der Waals surface area contributed by atoms with Crippen LogP contribution in [0, 0.1) is 18.7 Å². The van der Waals surface area contributed by atoms with Crippen LogP contribution in [0.3, 0.4) is 0 Å². The highest BCUT2D eigenvalue weighted by Gasteiger charge is 2.27. The van der Waals surface area contributed by atoms with Gasteiger partial charge in [0.05, 0.1) is 5.60 Å². The molecular formula is C12H17FO. The average Bonchev–Trinajstić information content (AvgIpc) is 2.09. The molecule has 0 aromatic heterocycles. The van der Waals surface area contributed by atoms with Crippen molar-refractivity contribution in [2.75, 3.05) is 0 Å². The van der Waals surface area contributed by atoms with Crippen LogP contribution in [0.1, 0.15) is 31.9 Å². The summed E-state index contributed by atoms with van der Waals surface area (Å²) in [5.41, 5.74) is 0.276. The smallest absolute Gasteiger partial charge is 0.126 e. The Balaban J connectivity index is 3.14. The van der Waals surface area contributed by atoms with Gasteiger partial charge in [-0.05, 0) is 37.0 Å². The lowest BCUT2D eigenvalue weighted by atomic mass is 9.85. The van der Waals surface area contributed by atoms with E-state index in [1.807, 2.05) is 13.8 Å². The van der Waals surface area contributed by atoms with E-state index < -0.39 is 5.60 Å². The van der Waals surface area contributed by atoms with E-state index in [1.54, 1.807) is 26.0 Å². The van der Waals surface area contributed by atoms with Crippen molar-refractivity contribution in [2.24, 2.45) is 5.92 Å². The Labute approximate surface area is 84.6 Å².